The molecular weight excluding hydrogens is 316 g/mol. The highest BCUT2D eigenvalue weighted by atomic mass is 35.7. The summed E-state index contributed by atoms with van der Waals surface area (Å²) in [4.78, 5) is 10.6. The van der Waals surface area contributed by atoms with Crippen LogP contribution in [0.2, 0.25) is 0 Å². The summed E-state index contributed by atoms with van der Waals surface area (Å²) >= 11 is 0. The average Bonchev–Trinajstić information content (AvgIpc) is 2.35. The first-order valence-electron chi connectivity index (χ1n) is 5.48. The van der Waals surface area contributed by atoms with Crippen molar-refractivity contribution in [3.05, 3.63) is 29.3 Å². The van der Waals surface area contributed by atoms with E-state index in [1.54, 1.807) is 0 Å². The fourth-order valence-electron chi connectivity index (χ4n) is 1.42. The van der Waals surface area contributed by atoms with Crippen molar-refractivity contribution in [3.63, 3.8) is 0 Å². The summed E-state index contributed by atoms with van der Waals surface area (Å²) in [7, 11) is 1.97. The van der Waals surface area contributed by atoms with Crippen molar-refractivity contribution in [2.24, 2.45) is 0 Å². The Morgan fingerprint density at radius 2 is 2.05 bits per heavy atom. The van der Waals surface area contributed by atoms with Crippen molar-refractivity contribution in [2.45, 2.75) is 11.3 Å². The number of ether oxygens (including phenoxy) is 1. The number of hydrogen-bond acceptors (Lipinski definition) is 4. The maximum Gasteiger partial charge on any atom is 0.264 e. The third kappa shape index (κ3) is 4.39. The lowest BCUT2D eigenvalue weighted by Crippen LogP contribution is -2.26. The monoisotopic (exact) mass is 327 g/mol. The van der Waals surface area contributed by atoms with Gasteiger partial charge in [0.15, 0.2) is 5.82 Å². The Hall–Kier alpha value is -1.25. The molecule has 0 saturated carbocycles. The largest absolute Gasteiger partial charge is 0.385 e. The lowest BCUT2D eigenvalue weighted by Gasteiger charge is -2.08. The minimum atomic E-state index is -4.48. The smallest absolute Gasteiger partial charge is 0.264 e. The second-order valence-electron chi connectivity index (χ2n) is 3.81. The van der Waals surface area contributed by atoms with Crippen LogP contribution in [0.1, 0.15) is 16.8 Å². The van der Waals surface area contributed by atoms with E-state index in [0.29, 0.717) is 25.2 Å². The van der Waals surface area contributed by atoms with E-state index in [9.17, 15) is 22.0 Å². The molecule has 1 amide bonds. The maximum absolute atomic E-state index is 13.9. The van der Waals surface area contributed by atoms with Gasteiger partial charge in [0.1, 0.15) is 10.7 Å². The first kappa shape index (κ1) is 16.8. The lowest BCUT2D eigenvalue weighted by atomic mass is 10.2. The van der Waals surface area contributed by atoms with Crippen molar-refractivity contribution in [3.8, 4) is 0 Å². The number of benzene rings is 1. The summed E-state index contributed by atoms with van der Waals surface area (Å²) in [5.74, 6) is -3.39. The van der Waals surface area contributed by atoms with Crippen LogP contribution < -0.4 is 5.32 Å². The number of nitrogens with one attached hydrogen (secondary N) is 1. The number of carbonyl (C=O) groups is 1. The number of rotatable bonds is 6. The number of amides is 1. The van der Waals surface area contributed by atoms with Gasteiger partial charge in [-0.15, -0.1) is 0 Å². The highest BCUT2D eigenvalue weighted by Crippen LogP contribution is 2.23. The van der Waals surface area contributed by atoms with Gasteiger partial charge in [-0.2, -0.15) is 0 Å². The molecular formula is C11H12ClF2NO4S. The molecule has 0 fully saturated rings. The molecule has 112 valence electrons. The molecule has 0 radical (unpaired) electrons. The first-order valence-corrected chi connectivity index (χ1v) is 7.79. The summed E-state index contributed by atoms with van der Waals surface area (Å²) in [5.41, 5.74) is -0.721. The third-order valence-corrected chi connectivity index (χ3v) is 3.64. The second kappa shape index (κ2) is 6.96. The van der Waals surface area contributed by atoms with Gasteiger partial charge < -0.3 is 10.1 Å². The van der Waals surface area contributed by atoms with Gasteiger partial charge in [0, 0.05) is 30.9 Å². The minimum absolute atomic E-state index is 0.172. The van der Waals surface area contributed by atoms with Crippen LogP contribution in [0, 0.1) is 11.6 Å². The minimum Gasteiger partial charge on any atom is -0.385 e. The molecule has 0 aromatic heterocycles. The predicted octanol–water partition coefficient (Wildman–Crippen LogP) is 1.66. The van der Waals surface area contributed by atoms with Crippen LogP contribution in [0.25, 0.3) is 0 Å². The molecule has 0 heterocycles. The van der Waals surface area contributed by atoms with E-state index in [1.807, 2.05) is 0 Å². The van der Waals surface area contributed by atoms with E-state index < -0.39 is 37.1 Å². The lowest BCUT2D eigenvalue weighted by molar-refractivity contribution is 0.0943. The summed E-state index contributed by atoms with van der Waals surface area (Å²) < 4.78 is 54.0. The molecule has 20 heavy (non-hydrogen) atoms. The van der Waals surface area contributed by atoms with Crippen LogP contribution in [0.4, 0.5) is 8.78 Å². The Morgan fingerprint density at radius 1 is 1.40 bits per heavy atom. The van der Waals surface area contributed by atoms with Crippen LogP contribution >= 0.6 is 10.7 Å². The molecule has 1 aromatic rings. The Bertz CT molecular complexity index is 607. The molecule has 0 bridgehead atoms. The summed E-state index contributed by atoms with van der Waals surface area (Å²) in [6.07, 6.45) is 0.472. The number of hydrogen-bond donors (Lipinski definition) is 1. The quantitative estimate of drug-likeness (QED) is 0.637. The number of methoxy groups -OCH3 is 1. The van der Waals surface area contributed by atoms with Crippen molar-refractivity contribution < 1.29 is 26.7 Å². The topological polar surface area (TPSA) is 72.5 Å². The SMILES string of the molecule is COCCCNC(=O)c1cc(F)cc(S(=O)(=O)Cl)c1F. The molecule has 0 spiro atoms. The van der Waals surface area contributed by atoms with Gasteiger partial charge in [-0.05, 0) is 18.6 Å². The molecule has 0 aliphatic carbocycles. The van der Waals surface area contributed by atoms with Gasteiger partial charge in [0.25, 0.3) is 15.0 Å². The van der Waals surface area contributed by atoms with Gasteiger partial charge in [-0.3, -0.25) is 4.79 Å². The number of carbonyl (C=O) groups excluding carboxylic acids is 1. The molecule has 1 N–H and O–H groups in total. The highest BCUT2D eigenvalue weighted by Gasteiger charge is 2.24. The van der Waals surface area contributed by atoms with Crippen molar-refractivity contribution in [1.29, 1.82) is 0 Å². The molecule has 0 aliphatic rings. The van der Waals surface area contributed by atoms with Gasteiger partial charge in [0.05, 0.1) is 5.56 Å². The second-order valence-corrected chi connectivity index (χ2v) is 6.34. The van der Waals surface area contributed by atoms with Crippen LogP contribution in [0.15, 0.2) is 17.0 Å². The van der Waals surface area contributed by atoms with Gasteiger partial charge in [-0.1, -0.05) is 0 Å². The van der Waals surface area contributed by atoms with E-state index in [-0.39, 0.29) is 6.54 Å². The fourth-order valence-corrected chi connectivity index (χ4v) is 2.33. The highest BCUT2D eigenvalue weighted by molar-refractivity contribution is 8.13. The molecule has 0 atom stereocenters. The zero-order valence-corrected chi connectivity index (χ0v) is 12.0. The first-order chi connectivity index (χ1) is 9.27. The van der Waals surface area contributed by atoms with Gasteiger partial charge in [0.2, 0.25) is 0 Å². The molecule has 5 nitrogen and oxygen atoms in total. The Labute approximate surface area is 119 Å². The third-order valence-electron chi connectivity index (χ3n) is 2.32. The zero-order chi connectivity index (χ0) is 15.3. The van der Waals surface area contributed by atoms with Crippen molar-refractivity contribution >= 4 is 25.6 Å². The summed E-state index contributed by atoms with van der Waals surface area (Å²) in [5, 5.41) is 2.32. The molecule has 0 aliphatic heterocycles. The zero-order valence-electron chi connectivity index (χ0n) is 10.5. The van der Waals surface area contributed by atoms with Gasteiger partial charge >= 0.3 is 0 Å². The van der Waals surface area contributed by atoms with E-state index >= 15 is 0 Å². The van der Waals surface area contributed by atoms with E-state index in [2.05, 4.69) is 5.32 Å². The fraction of sp³-hybridized carbons (Fsp3) is 0.364. The van der Waals surface area contributed by atoms with Crippen LogP contribution in [0.5, 0.6) is 0 Å². The number of halogens is 3. The maximum atomic E-state index is 13.9. The average molecular weight is 328 g/mol. The van der Waals surface area contributed by atoms with Crippen LogP contribution in [-0.2, 0) is 13.8 Å². The van der Waals surface area contributed by atoms with E-state index in [0.717, 1.165) is 0 Å². The Morgan fingerprint density at radius 3 is 2.60 bits per heavy atom. The molecule has 1 aromatic carbocycles. The Balaban J connectivity index is 3.01. The van der Waals surface area contributed by atoms with Crippen LogP contribution in [-0.4, -0.2) is 34.6 Å². The molecule has 9 heteroatoms. The van der Waals surface area contributed by atoms with Crippen molar-refractivity contribution in [2.75, 3.05) is 20.3 Å². The Kier molecular flexibility index (Phi) is 5.85. The van der Waals surface area contributed by atoms with Crippen molar-refractivity contribution in [1.82, 2.24) is 5.32 Å². The predicted molar refractivity (Wildman–Crippen MR) is 68.2 cm³/mol. The van der Waals surface area contributed by atoms with Crippen LogP contribution in [0.3, 0.4) is 0 Å². The molecule has 0 saturated heterocycles. The normalized spacial score (nSPS) is 11.4. The van der Waals surface area contributed by atoms with E-state index in [4.69, 9.17) is 15.4 Å². The van der Waals surface area contributed by atoms with Gasteiger partial charge in [-0.25, -0.2) is 17.2 Å². The standard InChI is InChI=1S/C11H12ClF2NO4S/c1-19-4-2-3-15-11(16)8-5-7(13)6-9(10(8)14)20(12,17)18/h5-6H,2-4H2,1H3,(H,15,16). The molecule has 1 rings (SSSR count). The summed E-state index contributed by atoms with van der Waals surface area (Å²) in [6.45, 7) is 0.554. The summed E-state index contributed by atoms with van der Waals surface area (Å²) in [6, 6.07) is 1.02. The molecule has 0 unspecified atom stereocenters. The van der Waals surface area contributed by atoms with E-state index in [1.165, 1.54) is 7.11 Å².